The smallest absolute Gasteiger partial charge is 0.147 e. The summed E-state index contributed by atoms with van der Waals surface area (Å²) < 4.78 is 0. The Labute approximate surface area is 48.9 Å². The summed E-state index contributed by atoms with van der Waals surface area (Å²) in [6, 6.07) is 0. The van der Waals surface area contributed by atoms with Crippen molar-refractivity contribution in [2.45, 2.75) is 0 Å². The molecule has 0 bridgehead atoms. The van der Waals surface area contributed by atoms with Crippen molar-refractivity contribution in [3.63, 3.8) is 0 Å². The fourth-order valence-corrected chi connectivity index (χ4v) is 0.0544. The standard InChI is InChI=1S/ClH.N2O5/c;3-1(4)7-2(5)6/h1H;. The molecule has 0 radical (unpaired) electrons. The molecule has 0 aromatic rings. The summed E-state index contributed by atoms with van der Waals surface area (Å²) in [5.74, 6) is 0. The van der Waals surface area contributed by atoms with Gasteiger partial charge in [0.05, 0.1) is 0 Å². The molecule has 8 heteroatoms. The van der Waals surface area contributed by atoms with E-state index in [1.165, 1.54) is 0 Å². The second kappa shape index (κ2) is 4.06. The number of nitrogens with zero attached hydrogens (tertiary/aromatic N) is 2. The number of halogens is 1. The van der Waals surface area contributed by atoms with Crippen LogP contribution in [0.5, 0.6) is 0 Å². The molecule has 0 atom stereocenters. The molecule has 0 N–H and O–H groups in total. The van der Waals surface area contributed by atoms with Gasteiger partial charge in [0.1, 0.15) is 0 Å². The van der Waals surface area contributed by atoms with Gasteiger partial charge in [-0.3, -0.25) is 0 Å². The first-order chi connectivity index (χ1) is 3.13. The first kappa shape index (κ1) is 10.00. The molecule has 7 nitrogen and oxygen atoms in total. The van der Waals surface area contributed by atoms with Crippen LogP contribution >= 0.6 is 12.4 Å². The lowest BCUT2D eigenvalue weighted by molar-refractivity contribution is -1.03. The third kappa shape index (κ3) is 8.86. The molecule has 0 aromatic heterocycles. The Morgan fingerprint density at radius 3 is 1.38 bits per heavy atom. The van der Waals surface area contributed by atoms with Crippen LogP contribution in [0.4, 0.5) is 0 Å². The Kier molecular flexibility index (Phi) is 5.07. The minimum Gasteiger partial charge on any atom is -0.147 e. The van der Waals surface area contributed by atoms with Crippen molar-refractivity contribution in [2.75, 3.05) is 0 Å². The molecule has 0 heterocycles. The highest BCUT2D eigenvalue weighted by Crippen LogP contribution is 1.70. The van der Waals surface area contributed by atoms with E-state index in [9.17, 15) is 0 Å². The van der Waals surface area contributed by atoms with E-state index in [0.717, 1.165) is 0 Å². The largest absolute Gasteiger partial charge is 0.356 e. The Morgan fingerprint density at radius 1 is 1.12 bits per heavy atom. The van der Waals surface area contributed by atoms with Gasteiger partial charge in [0, 0.05) is 4.94 Å². The molecule has 0 aliphatic rings. The summed E-state index contributed by atoms with van der Waals surface area (Å²) in [5.41, 5.74) is 0. The molecule has 48 valence electrons. The summed E-state index contributed by atoms with van der Waals surface area (Å²) in [7, 11) is 0. The first-order valence-corrected chi connectivity index (χ1v) is 1.10. The van der Waals surface area contributed by atoms with Gasteiger partial charge in [-0.15, -0.1) is 32.6 Å². The van der Waals surface area contributed by atoms with Gasteiger partial charge < -0.3 is 0 Å². The van der Waals surface area contributed by atoms with Crippen LogP contribution in [0.1, 0.15) is 0 Å². The van der Waals surface area contributed by atoms with E-state index in [-0.39, 0.29) is 12.4 Å². The van der Waals surface area contributed by atoms with Gasteiger partial charge in [0.2, 0.25) is 0 Å². The van der Waals surface area contributed by atoms with Crippen LogP contribution in [0.2, 0.25) is 0 Å². The third-order valence-corrected chi connectivity index (χ3v) is 0.133. The van der Waals surface area contributed by atoms with Crippen LogP contribution in [-0.4, -0.2) is 10.2 Å². The fourth-order valence-electron chi connectivity index (χ4n) is 0.0544. The zero-order valence-corrected chi connectivity index (χ0v) is 4.16. The highest BCUT2D eigenvalue weighted by atomic mass is 35.5. The van der Waals surface area contributed by atoms with Gasteiger partial charge in [-0.2, -0.15) is 0 Å². The van der Waals surface area contributed by atoms with E-state index in [1.54, 1.807) is 0 Å². The Bertz CT molecular complexity index is 86.6. The zero-order valence-electron chi connectivity index (χ0n) is 3.34. The highest BCUT2D eigenvalue weighted by molar-refractivity contribution is 5.85. The van der Waals surface area contributed by atoms with E-state index in [0.29, 0.717) is 0 Å². The van der Waals surface area contributed by atoms with Gasteiger partial charge in [-0.25, -0.2) is 0 Å². The van der Waals surface area contributed by atoms with Crippen LogP contribution in [-0.2, 0) is 4.94 Å². The molecular weight excluding hydrogens is 143 g/mol. The van der Waals surface area contributed by atoms with Crippen molar-refractivity contribution in [3.05, 3.63) is 20.2 Å². The van der Waals surface area contributed by atoms with Crippen LogP contribution in [0.25, 0.3) is 0 Å². The molecule has 8 heavy (non-hydrogen) atoms. The van der Waals surface area contributed by atoms with Crippen LogP contribution in [0, 0.1) is 20.2 Å². The SMILES string of the molecule is Cl.O=[N+]([O-])O[N+](=O)[O-]. The van der Waals surface area contributed by atoms with Gasteiger partial charge >= 0.3 is 10.2 Å². The fraction of sp³-hybridized carbons (Fsp3) is 0. The Hall–Kier alpha value is -1.11. The quantitative estimate of drug-likeness (QED) is 0.395. The van der Waals surface area contributed by atoms with Crippen molar-refractivity contribution in [1.29, 1.82) is 0 Å². The molecule has 0 spiro atoms. The highest BCUT2D eigenvalue weighted by Gasteiger charge is 2.05. The molecule has 0 rings (SSSR count). The Morgan fingerprint density at radius 2 is 1.38 bits per heavy atom. The molecule has 0 unspecified atom stereocenters. The summed E-state index contributed by atoms with van der Waals surface area (Å²) in [5, 5.41) is 14.9. The van der Waals surface area contributed by atoms with E-state index in [2.05, 4.69) is 4.94 Å². The van der Waals surface area contributed by atoms with Crippen LogP contribution in [0.3, 0.4) is 0 Å². The molecule has 0 amide bonds. The minimum atomic E-state index is -1.50. The lowest BCUT2D eigenvalue weighted by Crippen LogP contribution is -2.06. The predicted octanol–water partition coefficient (Wildman–Crippen LogP) is -0.192. The monoisotopic (exact) mass is 144 g/mol. The van der Waals surface area contributed by atoms with Crippen molar-refractivity contribution in [3.8, 4) is 0 Å². The number of rotatable bonds is 2. The molecule has 0 aliphatic carbocycles. The third-order valence-electron chi connectivity index (χ3n) is 0.133. The molecule has 0 saturated heterocycles. The van der Waals surface area contributed by atoms with Gasteiger partial charge in [-0.05, 0) is 0 Å². The maximum Gasteiger partial charge on any atom is 0.356 e. The summed E-state index contributed by atoms with van der Waals surface area (Å²) in [4.78, 5) is 20.6. The predicted molar refractivity (Wildman–Crippen MR) is 22.3 cm³/mol. The number of hydrogen-bond donors (Lipinski definition) is 0. The molecule has 0 aromatic carbocycles. The molecular formula is HClN2O5. The van der Waals surface area contributed by atoms with Crippen molar-refractivity contribution in [1.82, 2.24) is 0 Å². The van der Waals surface area contributed by atoms with Gasteiger partial charge in [0.25, 0.3) is 0 Å². The van der Waals surface area contributed by atoms with Gasteiger partial charge in [0.15, 0.2) is 0 Å². The first-order valence-electron chi connectivity index (χ1n) is 1.10. The van der Waals surface area contributed by atoms with E-state index in [1.807, 2.05) is 0 Å². The summed E-state index contributed by atoms with van der Waals surface area (Å²) in [6.45, 7) is 0. The summed E-state index contributed by atoms with van der Waals surface area (Å²) in [6.07, 6.45) is 0. The van der Waals surface area contributed by atoms with Crippen LogP contribution in [0.15, 0.2) is 0 Å². The Balaban J connectivity index is 0. The average molecular weight is 144 g/mol. The average Bonchev–Trinajstić information content (AvgIpc) is 1.27. The lowest BCUT2D eigenvalue weighted by Gasteiger charge is -1.71. The van der Waals surface area contributed by atoms with E-state index in [4.69, 9.17) is 20.2 Å². The topological polar surface area (TPSA) is 95.5 Å². The van der Waals surface area contributed by atoms with E-state index >= 15 is 0 Å². The lowest BCUT2D eigenvalue weighted by atomic mass is 12.9. The molecule has 0 aliphatic heterocycles. The van der Waals surface area contributed by atoms with Crippen molar-refractivity contribution < 1.29 is 15.1 Å². The second-order valence-corrected chi connectivity index (χ2v) is 0.529. The normalized spacial score (nSPS) is 6.50. The zero-order chi connectivity index (χ0) is 5.86. The maximum atomic E-state index is 8.95. The minimum absolute atomic E-state index is 0. The summed E-state index contributed by atoms with van der Waals surface area (Å²) >= 11 is 0. The van der Waals surface area contributed by atoms with Crippen molar-refractivity contribution >= 4 is 12.4 Å². The second-order valence-electron chi connectivity index (χ2n) is 0.529. The van der Waals surface area contributed by atoms with Crippen LogP contribution < -0.4 is 0 Å². The molecule has 0 saturated carbocycles. The molecule has 0 fully saturated rings. The maximum absolute atomic E-state index is 8.95. The number of hydrogen-bond acceptors (Lipinski definition) is 5. The van der Waals surface area contributed by atoms with Gasteiger partial charge in [-0.1, -0.05) is 0 Å². The van der Waals surface area contributed by atoms with Crippen molar-refractivity contribution in [2.24, 2.45) is 0 Å². The van der Waals surface area contributed by atoms with E-state index < -0.39 is 10.2 Å².